The first-order valence-electron chi connectivity index (χ1n) is 4.93. The highest BCUT2D eigenvalue weighted by Crippen LogP contribution is 2.23. The summed E-state index contributed by atoms with van der Waals surface area (Å²) in [5.74, 6) is -0.293. The van der Waals surface area contributed by atoms with Crippen LogP contribution in [0.4, 0.5) is 0 Å². The Morgan fingerprint density at radius 2 is 1.94 bits per heavy atom. The molecule has 0 amide bonds. The molecule has 0 N–H and O–H groups in total. The van der Waals surface area contributed by atoms with Gasteiger partial charge < -0.3 is 4.74 Å². The molecule has 0 aliphatic heterocycles. The summed E-state index contributed by atoms with van der Waals surface area (Å²) in [6.45, 7) is 7.48. The molecule has 0 aliphatic rings. The molecule has 0 spiro atoms. The molecule has 2 nitrogen and oxygen atoms in total. The average Bonchev–Trinajstić information content (AvgIpc) is 2.08. The lowest BCUT2D eigenvalue weighted by molar-refractivity contribution is 0.00684. The van der Waals surface area contributed by atoms with Crippen LogP contribution in [0.25, 0.3) is 0 Å². The van der Waals surface area contributed by atoms with E-state index in [1.54, 1.807) is 6.07 Å². The monoisotopic (exact) mass is 350 g/mol. The Labute approximate surface area is 115 Å². The maximum atomic E-state index is 11.9. The normalized spacial score (nSPS) is 11.4. The van der Waals surface area contributed by atoms with Crippen molar-refractivity contribution in [3.63, 3.8) is 0 Å². The zero-order valence-electron chi connectivity index (χ0n) is 9.80. The van der Waals surface area contributed by atoms with E-state index >= 15 is 0 Å². The quantitative estimate of drug-likeness (QED) is 0.473. The number of carbonyl (C=O) groups is 1. The van der Waals surface area contributed by atoms with Gasteiger partial charge >= 0.3 is 5.97 Å². The number of benzene rings is 1. The molecule has 1 rings (SSSR count). The van der Waals surface area contributed by atoms with Gasteiger partial charge in [-0.1, -0.05) is 0 Å². The molecule has 0 heterocycles. The van der Waals surface area contributed by atoms with Crippen LogP contribution in [-0.2, 0) is 4.74 Å². The minimum Gasteiger partial charge on any atom is -0.456 e. The zero-order valence-corrected chi connectivity index (χ0v) is 12.8. The van der Waals surface area contributed by atoms with E-state index in [9.17, 15) is 4.79 Å². The molecule has 0 saturated carbocycles. The van der Waals surface area contributed by atoms with E-state index in [1.807, 2.05) is 33.8 Å². The third-order valence-corrected chi connectivity index (χ3v) is 3.33. The van der Waals surface area contributed by atoms with Gasteiger partial charge in [-0.3, -0.25) is 0 Å². The second kappa shape index (κ2) is 4.96. The fourth-order valence-corrected chi connectivity index (χ4v) is 2.34. The van der Waals surface area contributed by atoms with Gasteiger partial charge in [0.05, 0.1) is 5.56 Å². The predicted octanol–water partition coefficient (Wildman–Crippen LogP) is 3.84. The lowest BCUT2D eigenvalue weighted by Gasteiger charge is -2.20. The van der Waals surface area contributed by atoms with E-state index < -0.39 is 5.60 Å². The molecular weight excluding hydrogens is 335 g/mol. The first kappa shape index (κ1) is 13.8. The minimum atomic E-state index is -0.471. The molecular formula is C12H15IO2S. The van der Waals surface area contributed by atoms with E-state index in [4.69, 9.17) is 4.74 Å². The SMILES string of the molecule is Cc1c(I)cc(S)cc1C(=O)OC(C)(C)C. The Morgan fingerprint density at radius 1 is 1.38 bits per heavy atom. The van der Waals surface area contributed by atoms with E-state index in [2.05, 4.69) is 35.2 Å². The van der Waals surface area contributed by atoms with E-state index in [0.29, 0.717) is 5.56 Å². The number of ether oxygens (including phenoxy) is 1. The third kappa shape index (κ3) is 3.66. The van der Waals surface area contributed by atoms with Crippen molar-refractivity contribution in [1.82, 2.24) is 0 Å². The van der Waals surface area contributed by atoms with Gasteiger partial charge in [0.15, 0.2) is 0 Å². The molecule has 0 aromatic heterocycles. The molecule has 1 aromatic carbocycles. The van der Waals surface area contributed by atoms with Crippen molar-refractivity contribution in [1.29, 1.82) is 0 Å². The molecule has 4 heteroatoms. The van der Waals surface area contributed by atoms with Gasteiger partial charge in [0.2, 0.25) is 0 Å². The van der Waals surface area contributed by atoms with Crippen molar-refractivity contribution in [2.75, 3.05) is 0 Å². The second-order valence-corrected chi connectivity index (χ2v) is 6.28. The number of hydrogen-bond donors (Lipinski definition) is 1. The standard InChI is InChI=1S/C12H15IO2S/c1-7-9(5-8(16)6-10(7)13)11(14)15-12(2,3)4/h5-6,16H,1-4H3. The van der Waals surface area contributed by atoms with E-state index in [-0.39, 0.29) is 5.97 Å². The van der Waals surface area contributed by atoms with Crippen molar-refractivity contribution in [3.8, 4) is 0 Å². The van der Waals surface area contributed by atoms with Crippen LogP contribution in [0, 0.1) is 10.5 Å². The number of carbonyl (C=O) groups excluding carboxylic acids is 1. The van der Waals surface area contributed by atoms with Crippen molar-refractivity contribution in [2.45, 2.75) is 38.2 Å². The van der Waals surface area contributed by atoms with E-state index in [0.717, 1.165) is 14.0 Å². The summed E-state index contributed by atoms with van der Waals surface area (Å²) in [5.41, 5.74) is 1.06. The first-order chi connectivity index (χ1) is 7.20. The van der Waals surface area contributed by atoms with Gasteiger partial charge in [-0.05, 0) is 68.0 Å². The van der Waals surface area contributed by atoms with Crippen LogP contribution in [0.5, 0.6) is 0 Å². The number of hydrogen-bond acceptors (Lipinski definition) is 3. The molecule has 0 unspecified atom stereocenters. The number of halogens is 1. The summed E-state index contributed by atoms with van der Waals surface area (Å²) in [4.78, 5) is 12.7. The average molecular weight is 350 g/mol. The fraction of sp³-hybridized carbons (Fsp3) is 0.417. The van der Waals surface area contributed by atoms with Gasteiger partial charge in [0.25, 0.3) is 0 Å². The molecule has 0 bridgehead atoms. The smallest absolute Gasteiger partial charge is 0.338 e. The zero-order chi connectivity index (χ0) is 12.5. The molecule has 16 heavy (non-hydrogen) atoms. The van der Waals surface area contributed by atoms with Crippen molar-refractivity contribution >= 4 is 41.2 Å². The summed E-state index contributed by atoms with van der Waals surface area (Å²) in [5, 5.41) is 0. The highest BCUT2D eigenvalue weighted by Gasteiger charge is 2.20. The lowest BCUT2D eigenvalue weighted by Crippen LogP contribution is -2.24. The number of esters is 1. The predicted molar refractivity (Wildman–Crippen MR) is 76.3 cm³/mol. The van der Waals surface area contributed by atoms with Crippen molar-refractivity contribution in [2.24, 2.45) is 0 Å². The summed E-state index contributed by atoms with van der Waals surface area (Å²) >= 11 is 6.45. The van der Waals surface area contributed by atoms with Crippen LogP contribution in [0.15, 0.2) is 17.0 Å². The third-order valence-electron chi connectivity index (χ3n) is 1.95. The Balaban J connectivity index is 3.09. The molecule has 88 valence electrons. The highest BCUT2D eigenvalue weighted by molar-refractivity contribution is 14.1. The van der Waals surface area contributed by atoms with Crippen molar-refractivity contribution < 1.29 is 9.53 Å². The largest absolute Gasteiger partial charge is 0.456 e. The maximum absolute atomic E-state index is 11.9. The lowest BCUT2D eigenvalue weighted by atomic mass is 10.1. The Kier molecular flexibility index (Phi) is 4.29. The number of rotatable bonds is 1. The van der Waals surface area contributed by atoms with Crippen LogP contribution in [0.2, 0.25) is 0 Å². The van der Waals surface area contributed by atoms with Gasteiger partial charge in [0.1, 0.15) is 5.60 Å². The molecule has 0 atom stereocenters. The van der Waals surface area contributed by atoms with Crippen LogP contribution >= 0.6 is 35.2 Å². The van der Waals surface area contributed by atoms with Gasteiger partial charge in [-0.15, -0.1) is 12.6 Å². The summed E-state index contributed by atoms with van der Waals surface area (Å²) in [6.07, 6.45) is 0. The Morgan fingerprint density at radius 3 is 2.44 bits per heavy atom. The molecule has 1 aromatic rings. The molecule has 0 radical (unpaired) electrons. The van der Waals surface area contributed by atoms with Crippen LogP contribution in [0.1, 0.15) is 36.7 Å². The fourth-order valence-electron chi connectivity index (χ4n) is 1.21. The summed E-state index contributed by atoms with van der Waals surface area (Å²) in [7, 11) is 0. The summed E-state index contributed by atoms with van der Waals surface area (Å²) in [6, 6.07) is 3.67. The van der Waals surface area contributed by atoms with E-state index in [1.165, 1.54) is 0 Å². The first-order valence-corrected chi connectivity index (χ1v) is 6.46. The topological polar surface area (TPSA) is 26.3 Å². The molecule has 0 fully saturated rings. The van der Waals surface area contributed by atoms with Crippen molar-refractivity contribution in [3.05, 3.63) is 26.8 Å². The van der Waals surface area contributed by atoms with Crippen LogP contribution in [-0.4, -0.2) is 11.6 Å². The van der Waals surface area contributed by atoms with Crippen LogP contribution < -0.4 is 0 Å². The Hall–Kier alpha value is -0.230. The van der Waals surface area contributed by atoms with Crippen LogP contribution in [0.3, 0.4) is 0 Å². The molecule has 0 saturated heterocycles. The highest BCUT2D eigenvalue weighted by atomic mass is 127. The molecule has 0 aliphatic carbocycles. The number of thiol groups is 1. The summed E-state index contributed by atoms with van der Waals surface area (Å²) < 4.78 is 6.36. The maximum Gasteiger partial charge on any atom is 0.338 e. The van der Waals surface area contributed by atoms with Gasteiger partial charge in [-0.25, -0.2) is 4.79 Å². The minimum absolute atomic E-state index is 0.293. The second-order valence-electron chi connectivity index (χ2n) is 4.60. The Bertz CT molecular complexity index is 422. The van der Waals surface area contributed by atoms with Gasteiger partial charge in [0, 0.05) is 8.47 Å². The van der Waals surface area contributed by atoms with Gasteiger partial charge in [-0.2, -0.15) is 0 Å².